The van der Waals surface area contributed by atoms with Crippen LogP contribution in [0.5, 0.6) is 0 Å². The zero-order chi connectivity index (χ0) is 20.3. The van der Waals surface area contributed by atoms with E-state index in [2.05, 4.69) is 55.3 Å². The van der Waals surface area contributed by atoms with E-state index in [1.807, 2.05) is 0 Å². The van der Waals surface area contributed by atoms with E-state index in [1.165, 1.54) is 6.42 Å². The van der Waals surface area contributed by atoms with Crippen LogP contribution < -0.4 is 10.6 Å². The standard InChI is InChI=1S/C19H32BN5O3/c1-10(2)16(23-17(26)13-8-12(9-22-13)24-25-21)20-27-15-7-11-6-14(18(11,3)4)19(15,5)28-20/h10-16,22H,6-9H2,1-5H3,(H,23,26)/t11-,12+,13-,14-,15+,16-,19-/m0/s1. The fraction of sp³-hybridized carbons (Fsp3) is 0.947. The summed E-state index contributed by atoms with van der Waals surface area (Å²) in [5, 5.41) is 10.0. The molecule has 0 radical (unpaired) electrons. The average Bonchev–Trinajstić information content (AvgIpc) is 3.22. The molecule has 0 aromatic rings. The van der Waals surface area contributed by atoms with E-state index in [0.29, 0.717) is 30.2 Å². The minimum Gasteiger partial charge on any atom is -0.404 e. The lowest BCUT2D eigenvalue weighted by molar-refractivity contribution is -0.199. The van der Waals surface area contributed by atoms with E-state index < -0.39 is 7.12 Å². The minimum absolute atomic E-state index is 0.0776. The number of nitrogens with zero attached hydrogens (tertiary/aromatic N) is 3. The van der Waals surface area contributed by atoms with Crippen molar-refractivity contribution in [3.8, 4) is 0 Å². The molecule has 7 atom stereocenters. The highest BCUT2D eigenvalue weighted by molar-refractivity contribution is 6.48. The summed E-state index contributed by atoms with van der Waals surface area (Å²) in [5.41, 5.74) is 8.61. The van der Waals surface area contributed by atoms with E-state index in [0.717, 1.165) is 6.42 Å². The largest absolute Gasteiger partial charge is 0.481 e. The quantitative estimate of drug-likeness (QED) is 0.326. The Bertz CT molecular complexity index is 697. The van der Waals surface area contributed by atoms with Crippen LogP contribution in [0.3, 0.4) is 0 Å². The Morgan fingerprint density at radius 2 is 2.07 bits per heavy atom. The predicted molar refractivity (Wildman–Crippen MR) is 106 cm³/mol. The molecule has 0 aromatic carbocycles. The second-order valence-corrected chi connectivity index (χ2v) is 10.2. The zero-order valence-corrected chi connectivity index (χ0v) is 17.5. The van der Waals surface area contributed by atoms with Gasteiger partial charge in [0.2, 0.25) is 5.91 Å². The van der Waals surface area contributed by atoms with E-state index >= 15 is 0 Å². The van der Waals surface area contributed by atoms with E-state index in [9.17, 15) is 4.79 Å². The first-order valence-electron chi connectivity index (χ1n) is 10.6. The second-order valence-electron chi connectivity index (χ2n) is 10.2. The highest BCUT2D eigenvalue weighted by atomic mass is 16.7. The van der Waals surface area contributed by atoms with Crippen molar-refractivity contribution >= 4 is 13.0 Å². The topological polar surface area (TPSA) is 108 Å². The molecule has 0 unspecified atom stereocenters. The minimum atomic E-state index is -0.427. The van der Waals surface area contributed by atoms with Crippen LogP contribution in [0.1, 0.15) is 53.9 Å². The normalized spacial score (nSPS) is 41.8. The molecule has 2 aliphatic heterocycles. The molecule has 2 bridgehead atoms. The van der Waals surface area contributed by atoms with Gasteiger partial charge >= 0.3 is 7.12 Å². The maximum Gasteiger partial charge on any atom is 0.481 e. The van der Waals surface area contributed by atoms with Crippen LogP contribution in [0, 0.1) is 23.2 Å². The van der Waals surface area contributed by atoms with Gasteiger partial charge in [-0.25, -0.2) is 0 Å². The van der Waals surface area contributed by atoms with Crippen molar-refractivity contribution in [2.75, 3.05) is 6.54 Å². The first-order valence-corrected chi connectivity index (χ1v) is 10.6. The Labute approximate surface area is 167 Å². The third-order valence-electron chi connectivity index (χ3n) is 7.93. The SMILES string of the molecule is CC(C)[C@H](NC(=O)[C@@H]1C[C@@H](N=[N+]=[N-])CN1)B1O[C@@H]2C[C@@H]3C[C@@H](C3(C)C)[C@]2(C)O1. The van der Waals surface area contributed by atoms with Crippen LogP contribution in [0.25, 0.3) is 10.4 Å². The molecule has 154 valence electrons. The number of rotatable bonds is 5. The summed E-state index contributed by atoms with van der Waals surface area (Å²) in [5.74, 6) is 1.08. The third-order valence-corrected chi connectivity index (χ3v) is 7.93. The molecule has 9 heteroatoms. The van der Waals surface area contributed by atoms with Gasteiger partial charge in [-0.05, 0) is 54.9 Å². The van der Waals surface area contributed by atoms with Gasteiger partial charge in [0.05, 0.1) is 29.7 Å². The molecule has 5 fully saturated rings. The molecule has 5 rings (SSSR count). The van der Waals surface area contributed by atoms with Crippen LogP contribution in [0.4, 0.5) is 0 Å². The molecule has 3 aliphatic carbocycles. The lowest BCUT2D eigenvalue weighted by Crippen LogP contribution is -2.65. The summed E-state index contributed by atoms with van der Waals surface area (Å²) < 4.78 is 12.9. The number of hydrogen-bond acceptors (Lipinski definition) is 5. The van der Waals surface area contributed by atoms with Gasteiger partial charge in [0, 0.05) is 11.5 Å². The number of azide groups is 1. The third kappa shape index (κ3) is 3.03. The average molecular weight is 389 g/mol. The van der Waals surface area contributed by atoms with Crippen LogP contribution in [0.2, 0.25) is 0 Å². The highest BCUT2D eigenvalue weighted by Gasteiger charge is 2.68. The second kappa shape index (κ2) is 6.90. The van der Waals surface area contributed by atoms with Gasteiger partial charge in [-0.3, -0.25) is 4.79 Å². The Morgan fingerprint density at radius 1 is 1.32 bits per heavy atom. The van der Waals surface area contributed by atoms with Crippen LogP contribution in [-0.4, -0.2) is 49.3 Å². The Hall–Kier alpha value is -1.28. The molecule has 5 aliphatic rings. The van der Waals surface area contributed by atoms with Gasteiger partial charge in [-0.1, -0.05) is 32.8 Å². The number of hydrogen-bond donors (Lipinski definition) is 2. The van der Waals surface area contributed by atoms with Crippen LogP contribution in [0.15, 0.2) is 5.11 Å². The molecule has 8 nitrogen and oxygen atoms in total. The van der Waals surface area contributed by atoms with Gasteiger partial charge < -0.3 is 19.9 Å². The molecule has 1 amide bonds. The molecule has 3 saturated carbocycles. The molecular weight excluding hydrogens is 357 g/mol. The molecule has 2 heterocycles. The van der Waals surface area contributed by atoms with Crippen LogP contribution >= 0.6 is 0 Å². The van der Waals surface area contributed by atoms with E-state index in [-0.39, 0.29) is 41.6 Å². The van der Waals surface area contributed by atoms with E-state index in [1.54, 1.807) is 0 Å². The van der Waals surface area contributed by atoms with Gasteiger partial charge in [0.1, 0.15) is 0 Å². The van der Waals surface area contributed by atoms with Gasteiger partial charge in [0.15, 0.2) is 0 Å². The summed E-state index contributed by atoms with van der Waals surface area (Å²) in [6.45, 7) is 11.6. The summed E-state index contributed by atoms with van der Waals surface area (Å²) in [7, 11) is -0.427. The smallest absolute Gasteiger partial charge is 0.404 e. The summed E-state index contributed by atoms with van der Waals surface area (Å²) >= 11 is 0. The highest BCUT2D eigenvalue weighted by Crippen LogP contribution is 2.65. The molecule has 2 N–H and O–H groups in total. The van der Waals surface area contributed by atoms with Crippen molar-refractivity contribution in [1.82, 2.24) is 10.6 Å². The summed E-state index contributed by atoms with van der Waals surface area (Å²) in [6.07, 6.45) is 2.87. The Morgan fingerprint density at radius 3 is 2.71 bits per heavy atom. The molecule has 0 spiro atoms. The number of amides is 1. The number of nitrogens with one attached hydrogen (secondary N) is 2. The van der Waals surface area contributed by atoms with Crippen molar-refractivity contribution in [1.29, 1.82) is 0 Å². The van der Waals surface area contributed by atoms with Gasteiger partial charge in [-0.2, -0.15) is 0 Å². The molecule has 28 heavy (non-hydrogen) atoms. The zero-order valence-electron chi connectivity index (χ0n) is 17.5. The fourth-order valence-electron chi connectivity index (χ4n) is 5.94. The van der Waals surface area contributed by atoms with Crippen molar-refractivity contribution in [3.63, 3.8) is 0 Å². The summed E-state index contributed by atoms with van der Waals surface area (Å²) in [4.78, 5) is 15.7. The maximum atomic E-state index is 12.8. The van der Waals surface area contributed by atoms with Crippen molar-refractivity contribution in [2.24, 2.45) is 28.3 Å². The van der Waals surface area contributed by atoms with Crippen molar-refractivity contribution in [3.05, 3.63) is 10.4 Å². The molecular formula is C19H32BN5O3. The van der Waals surface area contributed by atoms with Crippen molar-refractivity contribution < 1.29 is 14.1 Å². The fourth-order valence-corrected chi connectivity index (χ4v) is 5.94. The lowest BCUT2D eigenvalue weighted by atomic mass is 9.43. The van der Waals surface area contributed by atoms with E-state index in [4.69, 9.17) is 14.8 Å². The molecule has 0 aromatic heterocycles. The monoisotopic (exact) mass is 389 g/mol. The van der Waals surface area contributed by atoms with Gasteiger partial charge in [-0.15, -0.1) is 0 Å². The number of carbonyl (C=O) groups is 1. The molecule has 2 saturated heterocycles. The predicted octanol–water partition coefficient (Wildman–Crippen LogP) is 2.44. The number of carbonyl (C=O) groups excluding carboxylic acids is 1. The Balaban J connectivity index is 1.43. The first kappa shape index (κ1) is 20.0. The maximum absolute atomic E-state index is 12.8. The van der Waals surface area contributed by atoms with Gasteiger partial charge in [0.25, 0.3) is 0 Å². The lowest BCUT2D eigenvalue weighted by Gasteiger charge is -2.64. The first-order chi connectivity index (χ1) is 13.2. The van der Waals surface area contributed by atoms with Crippen molar-refractivity contribution in [2.45, 2.75) is 83.6 Å². The Kier molecular flexibility index (Phi) is 4.94. The van der Waals surface area contributed by atoms with Crippen LogP contribution in [-0.2, 0) is 14.1 Å². The summed E-state index contributed by atoms with van der Waals surface area (Å²) in [6, 6.07) is -0.518.